The molecular formula is C15H21F3O7S. The fourth-order valence-electron chi connectivity index (χ4n) is 0.967. The highest BCUT2D eigenvalue weighted by Gasteiger charge is 2.50. The number of ether oxygens (including phenoxy) is 2. The summed E-state index contributed by atoms with van der Waals surface area (Å²) in [6, 6.07) is 0. The smallest absolute Gasteiger partial charge is 0.468 e. The molecule has 0 saturated carbocycles. The molecule has 0 heterocycles. The maximum Gasteiger partial charge on any atom is 0.534 e. The summed E-state index contributed by atoms with van der Waals surface area (Å²) in [5.41, 5.74) is -8.08. The number of carbonyl (C=O) groups excluding carboxylic acids is 2. The van der Waals surface area contributed by atoms with Crippen LogP contribution < -0.4 is 0 Å². The lowest BCUT2D eigenvalue weighted by atomic mass is 9.92. The number of terminal acetylenes is 1. The monoisotopic (exact) mass is 402 g/mol. The zero-order valence-electron chi connectivity index (χ0n) is 15.2. The number of rotatable bonds is 5. The highest BCUT2D eigenvalue weighted by Crippen LogP contribution is 2.33. The second-order valence-corrected chi connectivity index (χ2v) is 7.32. The van der Waals surface area contributed by atoms with Crippen molar-refractivity contribution in [3.63, 3.8) is 0 Å². The SMILES string of the molecule is C#CC(C)(C)C(=O)OC.C=C(OS(=O)(=O)C(F)(F)F)C(C)(C)C(=O)OC. The molecule has 0 saturated heterocycles. The van der Waals surface area contributed by atoms with E-state index < -0.39 is 38.2 Å². The molecule has 0 amide bonds. The van der Waals surface area contributed by atoms with Crippen LogP contribution in [0.15, 0.2) is 12.3 Å². The zero-order valence-corrected chi connectivity index (χ0v) is 16.0. The predicted molar refractivity (Wildman–Crippen MR) is 85.6 cm³/mol. The Morgan fingerprint density at radius 2 is 1.38 bits per heavy atom. The molecule has 0 bridgehead atoms. The standard InChI is InChI=1S/C8H11F3O5S.C7H10O2/c1-5(7(2,3)6(12)15-4)16-17(13,14)8(9,10)11;1-5-7(2,3)6(8)9-4/h1H2,2-4H3;1H,2-4H3. The molecule has 11 heteroatoms. The molecular weight excluding hydrogens is 381 g/mol. The maximum atomic E-state index is 12.0. The van der Waals surface area contributed by atoms with Crippen molar-refractivity contribution in [3.8, 4) is 12.3 Å². The van der Waals surface area contributed by atoms with Gasteiger partial charge in [-0.25, -0.2) is 0 Å². The summed E-state index contributed by atoms with van der Waals surface area (Å²) >= 11 is 0. The van der Waals surface area contributed by atoms with Crippen molar-refractivity contribution in [2.45, 2.75) is 33.2 Å². The summed E-state index contributed by atoms with van der Waals surface area (Å²) in [6.07, 6.45) is 5.03. The van der Waals surface area contributed by atoms with Gasteiger partial charge < -0.3 is 13.7 Å². The van der Waals surface area contributed by atoms with E-state index in [4.69, 9.17) is 6.42 Å². The van der Waals surface area contributed by atoms with Crippen LogP contribution in [0.25, 0.3) is 0 Å². The fourth-order valence-corrected chi connectivity index (χ4v) is 1.53. The van der Waals surface area contributed by atoms with Crippen LogP contribution in [0.4, 0.5) is 13.2 Å². The first kappa shape index (κ1) is 26.0. The molecule has 0 N–H and O–H groups in total. The van der Waals surface area contributed by atoms with Crippen molar-refractivity contribution in [3.05, 3.63) is 12.3 Å². The average Bonchev–Trinajstić information content (AvgIpc) is 2.51. The number of hydrogen-bond donors (Lipinski definition) is 0. The third-order valence-electron chi connectivity index (χ3n) is 2.94. The molecule has 0 radical (unpaired) electrons. The number of carbonyl (C=O) groups is 2. The minimum Gasteiger partial charge on any atom is -0.468 e. The average molecular weight is 402 g/mol. The van der Waals surface area contributed by atoms with Crippen molar-refractivity contribution in [2.75, 3.05) is 14.2 Å². The summed E-state index contributed by atoms with van der Waals surface area (Å²) in [5.74, 6) is 0.101. The molecule has 0 aromatic rings. The summed E-state index contributed by atoms with van der Waals surface area (Å²) in [4.78, 5) is 21.9. The molecule has 26 heavy (non-hydrogen) atoms. The van der Waals surface area contributed by atoms with Gasteiger partial charge in [0.1, 0.15) is 16.6 Å². The minimum atomic E-state index is -5.83. The molecule has 7 nitrogen and oxygen atoms in total. The number of alkyl halides is 3. The fraction of sp³-hybridized carbons (Fsp3) is 0.600. The van der Waals surface area contributed by atoms with Crippen LogP contribution in [-0.2, 0) is 33.4 Å². The lowest BCUT2D eigenvalue weighted by Gasteiger charge is -2.23. The third-order valence-corrected chi connectivity index (χ3v) is 3.93. The van der Waals surface area contributed by atoms with Crippen LogP contribution >= 0.6 is 0 Å². The minimum absolute atomic E-state index is 0.370. The second-order valence-electron chi connectivity index (χ2n) is 5.78. The first-order valence-electron chi connectivity index (χ1n) is 6.75. The predicted octanol–water partition coefficient (Wildman–Crippen LogP) is 2.38. The van der Waals surface area contributed by atoms with Gasteiger partial charge in [-0.05, 0) is 27.7 Å². The van der Waals surface area contributed by atoms with Gasteiger partial charge in [-0.3, -0.25) is 9.59 Å². The third kappa shape index (κ3) is 6.95. The molecule has 0 aliphatic rings. The van der Waals surface area contributed by atoms with Gasteiger partial charge in [-0.1, -0.05) is 12.5 Å². The van der Waals surface area contributed by atoms with Crippen LogP contribution in [0.5, 0.6) is 0 Å². The number of hydrogen-bond acceptors (Lipinski definition) is 7. The highest BCUT2D eigenvalue weighted by atomic mass is 32.2. The van der Waals surface area contributed by atoms with E-state index in [1.165, 1.54) is 7.11 Å². The molecule has 0 atom stereocenters. The summed E-state index contributed by atoms with van der Waals surface area (Å²) in [7, 11) is -3.51. The van der Waals surface area contributed by atoms with Gasteiger partial charge in [0, 0.05) is 0 Å². The van der Waals surface area contributed by atoms with E-state index in [2.05, 4.69) is 26.2 Å². The molecule has 0 aliphatic heterocycles. The largest absolute Gasteiger partial charge is 0.534 e. The quantitative estimate of drug-likeness (QED) is 0.229. The summed E-state index contributed by atoms with van der Waals surface area (Å²) in [6.45, 7) is 8.50. The van der Waals surface area contributed by atoms with Crippen LogP contribution in [0.2, 0.25) is 0 Å². The van der Waals surface area contributed by atoms with Crippen LogP contribution in [-0.4, -0.2) is 40.1 Å². The van der Waals surface area contributed by atoms with Gasteiger partial charge in [0.2, 0.25) is 0 Å². The Hall–Kier alpha value is -2.22. The second kappa shape index (κ2) is 8.93. The molecule has 0 spiro atoms. The van der Waals surface area contributed by atoms with Crippen molar-refractivity contribution < 1.29 is 44.8 Å². The summed E-state index contributed by atoms with van der Waals surface area (Å²) < 4.78 is 69.8. The lowest BCUT2D eigenvalue weighted by molar-refractivity contribution is -0.150. The zero-order chi connectivity index (χ0) is 21.6. The van der Waals surface area contributed by atoms with Gasteiger partial charge in [-0.2, -0.15) is 21.6 Å². The van der Waals surface area contributed by atoms with E-state index >= 15 is 0 Å². The molecule has 0 aromatic carbocycles. The van der Waals surface area contributed by atoms with Gasteiger partial charge in [0.05, 0.1) is 14.2 Å². The highest BCUT2D eigenvalue weighted by molar-refractivity contribution is 7.87. The van der Waals surface area contributed by atoms with Crippen LogP contribution in [0, 0.1) is 23.2 Å². The van der Waals surface area contributed by atoms with Crippen molar-refractivity contribution in [2.24, 2.45) is 10.8 Å². The normalized spacial score (nSPS) is 12.0. The summed E-state index contributed by atoms with van der Waals surface area (Å²) in [5, 5.41) is 0. The molecule has 0 fully saturated rings. The Morgan fingerprint density at radius 3 is 1.62 bits per heavy atom. The number of methoxy groups -OCH3 is 2. The van der Waals surface area contributed by atoms with Crippen molar-refractivity contribution in [1.29, 1.82) is 0 Å². The Kier molecular flexibility index (Phi) is 8.94. The van der Waals surface area contributed by atoms with E-state index in [0.717, 1.165) is 21.0 Å². The van der Waals surface area contributed by atoms with E-state index in [0.29, 0.717) is 0 Å². The number of halogens is 3. The van der Waals surface area contributed by atoms with Crippen molar-refractivity contribution >= 4 is 22.1 Å². The van der Waals surface area contributed by atoms with Gasteiger partial charge in [0.15, 0.2) is 0 Å². The molecule has 0 unspecified atom stereocenters. The molecule has 0 aliphatic carbocycles. The number of esters is 2. The van der Waals surface area contributed by atoms with E-state index in [-0.39, 0.29) is 5.97 Å². The Bertz CT molecular complexity index is 683. The van der Waals surface area contributed by atoms with Crippen LogP contribution in [0.1, 0.15) is 27.7 Å². The Balaban J connectivity index is 0. The van der Waals surface area contributed by atoms with Gasteiger partial charge in [0.25, 0.3) is 0 Å². The van der Waals surface area contributed by atoms with Crippen LogP contribution in [0.3, 0.4) is 0 Å². The Labute approximate surface area is 150 Å². The van der Waals surface area contributed by atoms with E-state index in [1.54, 1.807) is 13.8 Å². The van der Waals surface area contributed by atoms with Gasteiger partial charge in [-0.15, -0.1) is 6.42 Å². The Morgan fingerprint density at radius 1 is 1.00 bits per heavy atom. The molecule has 0 aromatic heterocycles. The van der Waals surface area contributed by atoms with E-state index in [1.807, 2.05) is 0 Å². The van der Waals surface area contributed by atoms with Crippen molar-refractivity contribution in [1.82, 2.24) is 0 Å². The lowest BCUT2D eigenvalue weighted by Crippen LogP contribution is -2.33. The topological polar surface area (TPSA) is 96.0 Å². The van der Waals surface area contributed by atoms with Gasteiger partial charge >= 0.3 is 27.6 Å². The first-order valence-corrected chi connectivity index (χ1v) is 8.16. The maximum absolute atomic E-state index is 12.0. The molecule has 150 valence electrons. The molecule has 0 rings (SSSR count). The van der Waals surface area contributed by atoms with E-state index in [9.17, 15) is 31.2 Å². The first-order chi connectivity index (χ1) is 11.4.